The fourth-order valence-corrected chi connectivity index (χ4v) is 3.37. The molecule has 0 amide bonds. The third-order valence-corrected chi connectivity index (χ3v) is 4.09. The molecule has 3 nitrogen and oxygen atoms in total. The summed E-state index contributed by atoms with van der Waals surface area (Å²) in [6, 6.07) is 10.8. The fraction of sp³-hybridized carbons (Fsp3) is 0.571. The van der Waals surface area contributed by atoms with E-state index in [9.17, 15) is 5.11 Å². The molecule has 1 aromatic carbocycles. The van der Waals surface area contributed by atoms with Crippen LogP contribution in [0.2, 0.25) is 0 Å². The Hall–Kier alpha value is -0.900. The second-order valence-electron chi connectivity index (χ2n) is 5.28. The van der Waals surface area contributed by atoms with E-state index in [1.807, 2.05) is 6.07 Å². The summed E-state index contributed by atoms with van der Waals surface area (Å²) in [7, 11) is 2.14. The Labute approximate surface area is 102 Å². The number of ether oxygens (including phenoxy) is 1. The molecular weight excluding hydrogens is 214 g/mol. The number of benzene rings is 1. The van der Waals surface area contributed by atoms with E-state index in [-0.39, 0.29) is 17.7 Å². The fourth-order valence-electron chi connectivity index (χ4n) is 3.37. The van der Waals surface area contributed by atoms with Crippen molar-refractivity contribution in [3.05, 3.63) is 35.9 Å². The van der Waals surface area contributed by atoms with Crippen LogP contribution < -0.4 is 0 Å². The number of rotatable bonds is 1. The van der Waals surface area contributed by atoms with Crippen LogP contribution in [0.4, 0.5) is 0 Å². The number of likely N-dealkylation sites (tertiary alicyclic amines) is 1. The molecule has 3 atom stereocenters. The van der Waals surface area contributed by atoms with Crippen LogP contribution >= 0.6 is 0 Å². The summed E-state index contributed by atoms with van der Waals surface area (Å²) in [4.78, 5) is 2.34. The van der Waals surface area contributed by atoms with Gasteiger partial charge >= 0.3 is 0 Å². The largest absolute Gasteiger partial charge is 0.391 e. The molecule has 1 aromatic rings. The van der Waals surface area contributed by atoms with Crippen LogP contribution in [0, 0.1) is 0 Å². The highest BCUT2D eigenvalue weighted by atomic mass is 16.5. The van der Waals surface area contributed by atoms with E-state index in [2.05, 4.69) is 36.2 Å². The monoisotopic (exact) mass is 233 g/mol. The molecule has 2 aliphatic rings. The van der Waals surface area contributed by atoms with Gasteiger partial charge in [-0.1, -0.05) is 30.3 Å². The molecule has 2 fully saturated rings. The van der Waals surface area contributed by atoms with Gasteiger partial charge in [0.15, 0.2) is 0 Å². The van der Waals surface area contributed by atoms with E-state index in [1.165, 1.54) is 5.56 Å². The normalized spacial score (nSPS) is 38.0. The Morgan fingerprint density at radius 1 is 1.35 bits per heavy atom. The first-order chi connectivity index (χ1) is 8.21. The van der Waals surface area contributed by atoms with Crippen molar-refractivity contribution in [1.82, 2.24) is 4.90 Å². The van der Waals surface area contributed by atoms with Gasteiger partial charge in [0.2, 0.25) is 0 Å². The van der Waals surface area contributed by atoms with Crippen molar-refractivity contribution < 1.29 is 9.84 Å². The van der Waals surface area contributed by atoms with Gasteiger partial charge < -0.3 is 9.84 Å². The van der Waals surface area contributed by atoms with Gasteiger partial charge in [0.05, 0.1) is 24.4 Å². The highest BCUT2D eigenvalue weighted by molar-refractivity contribution is 5.25. The minimum Gasteiger partial charge on any atom is -0.391 e. The van der Waals surface area contributed by atoms with Crippen LogP contribution in [0.15, 0.2) is 30.3 Å². The second kappa shape index (κ2) is 4.09. The lowest BCUT2D eigenvalue weighted by Gasteiger charge is -2.33. The van der Waals surface area contributed by atoms with Gasteiger partial charge in [0, 0.05) is 13.0 Å². The van der Waals surface area contributed by atoms with Crippen molar-refractivity contribution >= 4 is 0 Å². The molecule has 2 saturated heterocycles. The van der Waals surface area contributed by atoms with Gasteiger partial charge in [-0.2, -0.15) is 0 Å². The first kappa shape index (κ1) is 11.2. The van der Waals surface area contributed by atoms with Crippen LogP contribution in [0.5, 0.6) is 0 Å². The zero-order valence-electron chi connectivity index (χ0n) is 10.2. The zero-order valence-corrected chi connectivity index (χ0v) is 10.2. The molecule has 1 spiro atoms. The minimum atomic E-state index is -0.298. The average molecular weight is 233 g/mol. The van der Waals surface area contributed by atoms with Crippen LogP contribution in [0.25, 0.3) is 0 Å². The van der Waals surface area contributed by atoms with Crippen molar-refractivity contribution in [1.29, 1.82) is 0 Å². The van der Waals surface area contributed by atoms with Crippen LogP contribution in [0.3, 0.4) is 0 Å². The number of hydrogen-bond donors (Lipinski definition) is 1. The molecule has 3 heteroatoms. The molecule has 92 valence electrons. The molecule has 0 aliphatic carbocycles. The summed E-state index contributed by atoms with van der Waals surface area (Å²) < 4.78 is 5.96. The van der Waals surface area contributed by atoms with Crippen molar-refractivity contribution in [2.75, 3.05) is 20.2 Å². The number of hydrogen-bond acceptors (Lipinski definition) is 3. The standard InChI is InChI=1S/C14H19NO2/c1-15-8-7-14(9-12(16)10-17-14)13(15)11-5-3-2-4-6-11/h2-6,12-13,16H,7-10H2,1H3. The lowest BCUT2D eigenvalue weighted by molar-refractivity contribution is -0.0231. The highest BCUT2D eigenvalue weighted by Gasteiger charge is 2.52. The van der Waals surface area contributed by atoms with E-state index in [1.54, 1.807) is 0 Å². The van der Waals surface area contributed by atoms with Crippen LogP contribution in [-0.4, -0.2) is 41.9 Å². The van der Waals surface area contributed by atoms with E-state index in [0.29, 0.717) is 6.61 Å². The quantitative estimate of drug-likeness (QED) is 0.799. The maximum Gasteiger partial charge on any atom is 0.0917 e. The molecule has 2 aliphatic heterocycles. The minimum absolute atomic E-state index is 0.171. The number of aliphatic hydroxyl groups excluding tert-OH is 1. The molecule has 3 unspecified atom stereocenters. The maximum absolute atomic E-state index is 9.76. The summed E-state index contributed by atoms with van der Waals surface area (Å²) in [6.45, 7) is 1.52. The molecular formula is C14H19NO2. The molecule has 0 saturated carbocycles. The summed E-state index contributed by atoms with van der Waals surface area (Å²) in [5.74, 6) is 0. The molecule has 2 heterocycles. The van der Waals surface area contributed by atoms with Gasteiger partial charge in [-0.25, -0.2) is 0 Å². The van der Waals surface area contributed by atoms with Crippen LogP contribution in [0.1, 0.15) is 24.4 Å². The number of likely N-dealkylation sites (N-methyl/N-ethyl adjacent to an activating group) is 1. The average Bonchev–Trinajstić information content (AvgIpc) is 2.85. The molecule has 1 N–H and O–H groups in total. The highest BCUT2D eigenvalue weighted by Crippen LogP contribution is 2.47. The molecule has 0 bridgehead atoms. The Morgan fingerprint density at radius 3 is 2.76 bits per heavy atom. The van der Waals surface area contributed by atoms with Gasteiger partial charge in [-0.05, 0) is 19.0 Å². The molecule has 17 heavy (non-hydrogen) atoms. The van der Waals surface area contributed by atoms with Crippen molar-refractivity contribution in [2.24, 2.45) is 0 Å². The zero-order chi connectivity index (χ0) is 11.9. The van der Waals surface area contributed by atoms with Crippen molar-refractivity contribution in [3.63, 3.8) is 0 Å². The predicted octanol–water partition coefficient (Wildman–Crippen LogP) is 1.58. The molecule has 0 aromatic heterocycles. The summed E-state index contributed by atoms with van der Waals surface area (Å²) >= 11 is 0. The lowest BCUT2D eigenvalue weighted by Crippen LogP contribution is -2.36. The summed E-state index contributed by atoms with van der Waals surface area (Å²) in [6.07, 6.45) is 1.48. The Morgan fingerprint density at radius 2 is 2.12 bits per heavy atom. The Kier molecular flexibility index (Phi) is 2.69. The Bertz CT molecular complexity index is 390. The topological polar surface area (TPSA) is 32.7 Å². The summed E-state index contributed by atoms with van der Waals surface area (Å²) in [5, 5.41) is 9.76. The summed E-state index contributed by atoms with van der Waals surface area (Å²) in [5.41, 5.74) is 1.12. The third kappa shape index (κ3) is 1.79. The number of nitrogens with zero attached hydrogens (tertiary/aromatic N) is 1. The molecule has 3 rings (SSSR count). The maximum atomic E-state index is 9.76. The smallest absolute Gasteiger partial charge is 0.0917 e. The van der Waals surface area contributed by atoms with E-state index < -0.39 is 0 Å². The first-order valence-corrected chi connectivity index (χ1v) is 6.28. The van der Waals surface area contributed by atoms with Gasteiger partial charge in [-0.3, -0.25) is 4.90 Å². The predicted molar refractivity (Wildman–Crippen MR) is 65.7 cm³/mol. The van der Waals surface area contributed by atoms with Crippen LogP contribution in [-0.2, 0) is 4.74 Å². The van der Waals surface area contributed by atoms with Crippen molar-refractivity contribution in [2.45, 2.75) is 30.6 Å². The van der Waals surface area contributed by atoms with E-state index >= 15 is 0 Å². The third-order valence-electron chi connectivity index (χ3n) is 4.09. The van der Waals surface area contributed by atoms with Gasteiger partial charge in [-0.15, -0.1) is 0 Å². The Balaban J connectivity index is 1.95. The molecule has 0 radical (unpaired) electrons. The lowest BCUT2D eigenvalue weighted by atomic mass is 9.86. The van der Waals surface area contributed by atoms with Gasteiger partial charge in [0.1, 0.15) is 0 Å². The van der Waals surface area contributed by atoms with E-state index in [4.69, 9.17) is 4.74 Å². The van der Waals surface area contributed by atoms with E-state index in [0.717, 1.165) is 19.4 Å². The first-order valence-electron chi connectivity index (χ1n) is 6.28. The van der Waals surface area contributed by atoms with Crippen molar-refractivity contribution in [3.8, 4) is 0 Å². The SMILES string of the molecule is CN1CCC2(CC(O)CO2)C1c1ccccc1. The van der Waals surface area contributed by atoms with Gasteiger partial charge in [0.25, 0.3) is 0 Å². The second-order valence-corrected chi connectivity index (χ2v) is 5.28. The number of aliphatic hydroxyl groups is 1.